The molecule has 6 rings (SSSR count). The number of carbonyl (C=O) groups excluding carboxylic acids is 2. The lowest BCUT2D eigenvalue weighted by Crippen LogP contribution is -2.61. The van der Waals surface area contributed by atoms with Crippen molar-refractivity contribution in [2.24, 2.45) is 34.8 Å². The molecule has 4 aliphatic carbocycles. The molecule has 0 spiro atoms. The highest BCUT2D eigenvalue weighted by atomic mass is 32.1. The Kier molecular flexibility index (Phi) is 5.81. The summed E-state index contributed by atoms with van der Waals surface area (Å²) in [5, 5.41) is 8.34. The molecule has 0 aliphatic heterocycles. The van der Waals surface area contributed by atoms with Gasteiger partial charge >= 0.3 is 0 Å². The molecule has 6 nitrogen and oxygen atoms in total. The molecule has 2 amide bonds. The van der Waals surface area contributed by atoms with Crippen LogP contribution in [0.4, 0.5) is 5.69 Å². The van der Waals surface area contributed by atoms with Gasteiger partial charge in [0.05, 0.1) is 11.5 Å². The Morgan fingerprint density at radius 3 is 2.52 bits per heavy atom. The number of hydrogen-bond donors (Lipinski definition) is 3. The first-order chi connectivity index (χ1) is 15.8. The van der Waals surface area contributed by atoms with Crippen LogP contribution in [0.15, 0.2) is 42.0 Å². The molecule has 176 valence electrons. The van der Waals surface area contributed by atoms with Gasteiger partial charge in [0.1, 0.15) is 0 Å². The molecule has 0 saturated heterocycles. The quantitative estimate of drug-likeness (QED) is 0.576. The van der Waals surface area contributed by atoms with Crippen LogP contribution < -0.4 is 16.4 Å². The summed E-state index contributed by atoms with van der Waals surface area (Å²) in [6, 6.07) is 7.31. The summed E-state index contributed by atoms with van der Waals surface area (Å²) in [6.45, 7) is 4.88. The fourth-order valence-electron chi connectivity index (χ4n) is 6.98. The van der Waals surface area contributed by atoms with Gasteiger partial charge in [0.2, 0.25) is 11.8 Å². The summed E-state index contributed by atoms with van der Waals surface area (Å²) in [5.41, 5.74) is 6.97. The Morgan fingerprint density at radius 2 is 1.88 bits per heavy atom. The van der Waals surface area contributed by atoms with Gasteiger partial charge < -0.3 is 16.4 Å². The number of amides is 2. The fourth-order valence-corrected chi connectivity index (χ4v) is 7.83. The number of carbonyl (C=O) groups is 2. The first-order valence-electron chi connectivity index (χ1n) is 12.1. The van der Waals surface area contributed by atoms with Crippen molar-refractivity contribution in [2.75, 3.05) is 11.9 Å². The van der Waals surface area contributed by atoms with Crippen molar-refractivity contribution in [3.05, 3.63) is 46.9 Å². The van der Waals surface area contributed by atoms with Crippen LogP contribution in [-0.2, 0) is 15.0 Å². The zero-order valence-corrected chi connectivity index (χ0v) is 20.2. The summed E-state index contributed by atoms with van der Waals surface area (Å²) in [5.74, 6) is 1.48. The van der Waals surface area contributed by atoms with Crippen molar-refractivity contribution in [3.63, 3.8) is 0 Å². The third-order valence-corrected chi connectivity index (χ3v) is 9.61. The lowest BCUT2D eigenvalue weighted by atomic mass is 9.45. The molecule has 7 heteroatoms. The Labute approximate surface area is 199 Å². The highest BCUT2D eigenvalue weighted by molar-refractivity contribution is 7.10. The molecule has 4 N–H and O–H groups in total. The van der Waals surface area contributed by atoms with Gasteiger partial charge in [-0.1, -0.05) is 19.9 Å². The van der Waals surface area contributed by atoms with Crippen LogP contribution in [-0.4, -0.2) is 29.4 Å². The highest BCUT2D eigenvalue weighted by Crippen LogP contribution is 2.63. The van der Waals surface area contributed by atoms with Crippen molar-refractivity contribution in [1.82, 2.24) is 10.3 Å². The Bertz CT molecular complexity index is 991. The minimum Gasteiger partial charge on any atom is -0.354 e. The van der Waals surface area contributed by atoms with E-state index in [0.717, 1.165) is 37.8 Å². The van der Waals surface area contributed by atoms with Gasteiger partial charge in [-0.05, 0) is 79.4 Å². The van der Waals surface area contributed by atoms with Crippen molar-refractivity contribution >= 4 is 28.8 Å². The van der Waals surface area contributed by atoms with Crippen LogP contribution in [0.2, 0.25) is 0 Å². The van der Waals surface area contributed by atoms with Crippen LogP contribution in [0.1, 0.15) is 50.8 Å². The molecule has 3 unspecified atom stereocenters. The summed E-state index contributed by atoms with van der Waals surface area (Å²) in [6.07, 6.45) is 8.21. The van der Waals surface area contributed by atoms with Gasteiger partial charge in [0.15, 0.2) is 0 Å². The van der Waals surface area contributed by atoms with Crippen LogP contribution in [0, 0.1) is 29.1 Å². The normalized spacial score (nSPS) is 31.2. The molecule has 4 fully saturated rings. The molecule has 2 heterocycles. The number of pyridine rings is 1. The Balaban J connectivity index is 1.25. The average molecular weight is 467 g/mol. The average Bonchev–Trinajstić information content (AvgIpc) is 3.33. The zero-order chi connectivity index (χ0) is 23.2. The second kappa shape index (κ2) is 8.51. The predicted octanol–water partition coefficient (Wildman–Crippen LogP) is 3.95. The van der Waals surface area contributed by atoms with Crippen molar-refractivity contribution in [1.29, 1.82) is 0 Å². The summed E-state index contributed by atoms with van der Waals surface area (Å²) in [7, 11) is 0. The van der Waals surface area contributed by atoms with Gasteiger partial charge in [-0.25, -0.2) is 0 Å². The second-order valence-electron chi connectivity index (χ2n) is 11.1. The van der Waals surface area contributed by atoms with E-state index in [-0.39, 0.29) is 28.6 Å². The molecule has 33 heavy (non-hydrogen) atoms. The topological polar surface area (TPSA) is 97.1 Å². The zero-order valence-electron chi connectivity index (χ0n) is 19.4. The summed E-state index contributed by atoms with van der Waals surface area (Å²) >= 11 is 1.72. The van der Waals surface area contributed by atoms with Crippen molar-refractivity contribution in [2.45, 2.75) is 57.4 Å². The highest BCUT2D eigenvalue weighted by Gasteiger charge is 2.60. The maximum absolute atomic E-state index is 13.4. The molecular weight excluding hydrogens is 432 g/mol. The van der Waals surface area contributed by atoms with E-state index in [4.69, 9.17) is 5.73 Å². The number of nitrogens with zero attached hydrogens (tertiary/aromatic N) is 1. The maximum Gasteiger partial charge on any atom is 0.237 e. The van der Waals surface area contributed by atoms with Crippen LogP contribution >= 0.6 is 11.3 Å². The standard InChI is InChI=1S/C26H34N4O2S/c1-25(2,20-4-3-9-33-20)15-29-23(31)22(27)21-17-10-16-11-18(21)14-26(12-16,13-17)24(32)30-19-5-7-28-8-6-19/h3-9,16-18,21-22H,10-15,27H2,1-2H3,(H,29,31)(H,28,30,32). The molecule has 0 radical (unpaired) electrons. The van der Waals surface area contributed by atoms with Crippen LogP contribution in [0.5, 0.6) is 0 Å². The molecule has 4 saturated carbocycles. The lowest BCUT2D eigenvalue weighted by molar-refractivity contribution is -0.151. The smallest absolute Gasteiger partial charge is 0.237 e. The molecule has 2 aromatic rings. The van der Waals surface area contributed by atoms with Gasteiger partial charge in [0, 0.05) is 34.9 Å². The third kappa shape index (κ3) is 4.21. The monoisotopic (exact) mass is 466 g/mol. The van der Waals surface area contributed by atoms with E-state index in [1.54, 1.807) is 23.7 Å². The largest absolute Gasteiger partial charge is 0.354 e. The number of anilines is 1. The van der Waals surface area contributed by atoms with Crippen LogP contribution in [0.3, 0.4) is 0 Å². The molecule has 2 aromatic heterocycles. The van der Waals surface area contributed by atoms with E-state index in [9.17, 15) is 9.59 Å². The van der Waals surface area contributed by atoms with E-state index < -0.39 is 6.04 Å². The Hall–Kier alpha value is -2.25. The van der Waals surface area contributed by atoms with E-state index in [1.807, 2.05) is 18.2 Å². The summed E-state index contributed by atoms with van der Waals surface area (Å²) in [4.78, 5) is 31.8. The van der Waals surface area contributed by atoms with E-state index >= 15 is 0 Å². The molecule has 3 atom stereocenters. The number of nitrogens with two attached hydrogens (primary N) is 1. The number of aromatic nitrogens is 1. The van der Waals surface area contributed by atoms with E-state index in [2.05, 4.69) is 40.9 Å². The number of thiophene rings is 1. The van der Waals surface area contributed by atoms with Crippen molar-refractivity contribution in [3.8, 4) is 0 Å². The number of nitrogens with one attached hydrogen (secondary N) is 2. The van der Waals surface area contributed by atoms with E-state index in [1.165, 1.54) is 4.88 Å². The summed E-state index contributed by atoms with van der Waals surface area (Å²) < 4.78 is 0. The van der Waals surface area contributed by atoms with Gasteiger partial charge in [0.25, 0.3) is 0 Å². The molecular formula is C26H34N4O2S. The molecule has 4 aliphatic rings. The SMILES string of the molecule is CC(C)(CNC(=O)C(N)C1C2CC3CC1CC(C(=O)Nc1ccncc1)(C3)C2)c1cccs1. The van der Waals surface area contributed by atoms with Gasteiger partial charge in [-0.2, -0.15) is 0 Å². The second-order valence-corrected chi connectivity index (χ2v) is 12.1. The predicted molar refractivity (Wildman–Crippen MR) is 131 cm³/mol. The first-order valence-corrected chi connectivity index (χ1v) is 12.9. The van der Waals surface area contributed by atoms with Crippen molar-refractivity contribution < 1.29 is 9.59 Å². The third-order valence-electron chi connectivity index (χ3n) is 8.38. The fraction of sp³-hybridized carbons (Fsp3) is 0.577. The number of rotatable bonds is 7. The molecule has 4 bridgehead atoms. The van der Waals surface area contributed by atoms with Gasteiger partial charge in [-0.3, -0.25) is 14.6 Å². The lowest BCUT2D eigenvalue weighted by Gasteiger charge is -2.60. The minimum atomic E-state index is -0.514. The first kappa shape index (κ1) is 22.5. The number of hydrogen-bond acceptors (Lipinski definition) is 5. The minimum absolute atomic E-state index is 0.0487. The van der Waals surface area contributed by atoms with Gasteiger partial charge in [-0.15, -0.1) is 11.3 Å². The Morgan fingerprint density at radius 1 is 1.18 bits per heavy atom. The van der Waals surface area contributed by atoms with Crippen LogP contribution in [0.25, 0.3) is 0 Å². The van der Waals surface area contributed by atoms with E-state index in [0.29, 0.717) is 24.3 Å². The maximum atomic E-state index is 13.4. The molecule has 0 aromatic carbocycles.